The topological polar surface area (TPSA) is 90.5 Å². The van der Waals surface area contributed by atoms with Crippen LogP contribution < -0.4 is 16.0 Å². The molecule has 0 unspecified atom stereocenters. The molecule has 3 N–H and O–H groups in total. The molecule has 166 valence electrons. The molecule has 1 aromatic carbocycles. The van der Waals surface area contributed by atoms with Crippen molar-refractivity contribution in [2.24, 2.45) is 11.8 Å². The summed E-state index contributed by atoms with van der Waals surface area (Å²) in [5.41, 5.74) is 1.45. The van der Waals surface area contributed by atoms with Crippen LogP contribution in [0.25, 0.3) is 0 Å². The van der Waals surface area contributed by atoms with E-state index in [1.54, 1.807) is 11.0 Å². The molecule has 1 aromatic rings. The van der Waals surface area contributed by atoms with Gasteiger partial charge in [0.25, 0.3) is 5.91 Å². The van der Waals surface area contributed by atoms with Crippen molar-refractivity contribution in [3.05, 3.63) is 35.4 Å². The second-order valence-electron chi connectivity index (χ2n) is 8.47. The van der Waals surface area contributed by atoms with Crippen molar-refractivity contribution in [3.8, 4) is 0 Å². The first-order valence-corrected chi connectivity index (χ1v) is 10.9. The first-order chi connectivity index (χ1) is 14.2. The highest BCUT2D eigenvalue weighted by Gasteiger charge is 2.34. The van der Waals surface area contributed by atoms with E-state index in [9.17, 15) is 14.4 Å². The molecule has 1 saturated heterocycles. The number of hydrogen-bond acceptors (Lipinski definition) is 3. The Bertz CT molecular complexity index is 742. The van der Waals surface area contributed by atoms with Crippen molar-refractivity contribution in [2.45, 2.75) is 59.5 Å². The molecule has 2 rings (SSSR count). The summed E-state index contributed by atoms with van der Waals surface area (Å²) in [7, 11) is 0. The first kappa shape index (κ1) is 23.7. The second-order valence-corrected chi connectivity index (χ2v) is 8.47. The zero-order valence-electron chi connectivity index (χ0n) is 18.8. The minimum atomic E-state index is -0.630. The number of piperidine rings is 1. The average molecular weight is 417 g/mol. The van der Waals surface area contributed by atoms with E-state index in [0.717, 1.165) is 5.56 Å². The van der Waals surface area contributed by atoms with Gasteiger partial charge in [-0.1, -0.05) is 32.0 Å². The van der Waals surface area contributed by atoms with Gasteiger partial charge in [-0.15, -0.1) is 0 Å². The molecule has 1 heterocycles. The Kier molecular flexibility index (Phi) is 8.69. The van der Waals surface area contributed by atoms with Crippen LogP contribution in [0.5, 0.6) is 0 Å². The van der Waals surface area contributed by atoms with E-state index in [1.807, 2.05) is 39.0 Å². The number of hydrogen-bond donors (Lipinski definition) is 3. The van der Waals surface area contributed by atoms with Crippen LogP contribution in [0.2, 0.25) is 0 Å². The van der Waals surface area contributed by atoms with Gasteiger partial charge >= 0.3 is 6.03 Å². The van der Waals surface area contributed by atoms with E-state index in [2.05, 4.69) is 29.8 Å². The molecular weight excluding hydrogens is 380 g/mol. The summed E-state index contributed by atoms with van der Waals surface area (Å²) in [4.78, 5) is 39.9. The summed E-state index contributed by atoms with van der Waals surface area (Å²) < 4.78 is 0. The summed E-state index contributed by atoms with van der Waals surface area (Å²) >= 11 is 0. The zero-order valence-corrected chi connectivity index (χ0v) is 18.8. The summed E-state index contributed by atoms with van der Waals surface area (Å²) in [5.74, 6) is -0.129. The molecule has 7 heteroatoms. The average Bonchev–Trinajstić information content (AvgIpc) is 2.72. The van der Waals surface area contributed by atoms with E-state index in [4.69, 9.17) is 0 Å². The number of likely N-dealkylation sites (tertiary alicyclic amines) is 1. The third-order valence-electron chi connectivity index (χ3n) is 5.95. The Morgan fingerprint density at radius 3 is 2.27 bits per heavy atom. The highest BCUT2D eigenvalue weighted by molar-refractivity contribution is 5.98. The molecule has 1 aliphatic heterocycles. The van der Waals surface area contributed by atoms with Gasteiger partial charge < -0.3 is 20.9 Å². The van der Waals surface area contributed by atoms with Crippen LogP contribution in [0.15, 0.2) is 24.3 Å². The number of carbonyl (C=O) groups excluding carboxylic acids is 3. The number of nitrogens with one attached hydrogen (secondary N) is 3. The van der Waals surface area contributed by atoms with Gasteiger partial charge in [0.2, 0.25) is 5.91 Å². The van der Waals surface area contributed by atoms with Crippen LogP contribution in [0.1, 0.15) is 56.5 Å². The summed E-state index contributed by atoms with van der Waals surface area (Å²) in [6.07, 6.45) is 1.33. The number of nitrogens with zero attached hydrogens (tertiary/aromatic N) is 1. The summed E-state index contributed by atoms with van der Waals surface area (Å²) in [5, 5.41) is 8.86. The molecule has 0 saturated carbocycles. The largest absolute Gasteiger partial charge is 0.352 e. The van der Waals surface area contributed by atoms with Crippen molar-refractivity contribution in [3.63, 3.8) is 0 Å². The molecule has 0 bridgehead atoms. The van der Waals surface area contributed by atoms with Crippen LogP contribution in [-0.2, 0) is 4.79 Å². The molecule has 4 amide bonds. The van der Waals surface area contributed by atoms with Crippen LogP contribution in [0.4, 0.5) is 4.79 Å². The van der Waals surface area contributed by atoms with Crippen molar-refractivity contribution >= 4 is 17.8 Å². The predicted molar refractivity (Wildman–Crippen MR) is 118 cm³/mol. The van der Waals surface area contributed by atoms with E-state index < -0.39 is 6.04 Å². The normalized spacial score (nSPS) is 16.7. The van der Waals surface area contributed by atoms with E-state index in [0.29, 0.717) is 44.0 Å². The van der Waals surface area contributed by atoms with Gasteiger partial charge in [-0.05, 0) is 57.1 Å². The van der Waals surface area contributed by atoms with Crippen molar-refractivity contribution in [2.75, 3.05) is 19.6 Å². The Morgan fingerprint density at radius 1 is 1.07 bits per heavy atom. The molecule has 0 aliphatic carbocycles. The number of aryl methyl sites for hydroxylation is 1. The molecule has 0 radical (unpaired) electrons. The maximum Gasteiger partial charge on any atom is 0.317 e. The Labute approximate surface area is 180 Å². The number of carbonyl (C=O) groups is 3. The Morgan fingerprint density at radius 2 is 1.70 bits per heavy atom. The lowest BCUT2D eigenvalue weighted by atomic mass is 9.88. The standard InChI is InChI=1S/C23H36N4O3/c1-6-24-23(30)27-13-11-18(12-14-27)20(22(29)25-17(5)15(2)3)26-21(28)19-10-8-7-9-16(19)4/h7-10,15,17-18,20H,6,11-14H2,1-5H3,(H,24,30)(H,25,29)(H,26,28)/t17-,20-/m0/s1. The van der Waals surface area contributed by atoms with E-state index in [-0.39, 0.29) is 29.8 Å². The molecule has 0 spiro atoms. The lowest BCUT2D eigenvalue weighted by molar-refractivity contribution is -0.125. The van der Waals surface area contributed by atoms with Crippen LogP contribution >= 0.6 is 0 Å². The van der Waals surface area contributed by atoms with Crippen molar-refractivity contribution < 1.29 is 14.4 Å². The third kappa shape index (κ3) is 6.21. The van der Waals surface area contributed by atoms with Gasteiger partial charge in [0, 0.05) is 31.2 Å². The monoisotopic (exact) mass is 416 g/mol. The quantitative estimate of drug-likeness (QED) is 0.638. The van der Waals surface area contributed by atoms with Crippen molar-refractivity contribution in [1.29, 1.82) is 0 Å². The second kappa shape index (κ2) is 11.0. The lowest BCUT2D eigenvalue weighted by Gasteiger charge is -2.36. The summed E-state index contributed by atoms with van der Waals surface area (Å²) in [6, 6.07) is 6.67. The van der Waals surface area contributed by atoms with Crippen molar-refractivity contribution in [1.82, 2.24) is 20.9 Å². The van der Waals surface area contributed by atoms with Gasteiger partial charge in [0.05, 0.1) is 0 Å². The van der Waals surface area contributed by atoms with Gasteiger partial charge in [-0.25, -0.2) is 4.79 Å². The zero-order chi connectivity index (χ0) is 22.3. The maximum atomic E-state index is 13.1. The maximum absolute atomic E-state index is 13.1. The van der Waals surface area contributed by atoms with Crippen LogP contribution in [0, 0.1) is 18.8 Å². The van der Waals surface area contributed by atoms with E-state index in [1.165, 1.54) is 0 Å². The molecule has 1 aliphatic rings. The number of benzene rings is 1. The van der Waals surface area contributed by atoms with Crippen LogP contribution in [0.3, 0.4) is 0 Å². The third-order valence-corrected chi connectivity index (χ3v) is 5.95. The lowest BCUT2D eigenvalue weighted by Crippen LogP contribution is -2.56. The number of amides is 4. The number of rotatable bonds is 7. The Hall–Kier alpha value is -2.57. The first-order valence-electron chi connectivity index (χ1n) is 10.9. The van der Waals surface area contributed by atoms with Crippen LogP contribution in [-0.4, -0.2) is 54.5 Å². The predicted octanol–water partition coefficient (Wildman–Crippen LogP) is 2.70. The fraction of sp³-hybridized carbons (Fsp3) is 0.609. The molecule has 30 heavy (non-hydrogen) atoms. The van der Waals surface area contributed by atoms with Gasteiger partial charge in [0.15, 0.2) is 0 Å². The molecule has 1 fully saturated rings. The molecular formula is C23H36N4O3. The SMILES string of the molecule is CCNC(=O)N1CCC([C@H](NC(=O)c2ccccc2C)C(=O)N[C@@H](C)C(C)C)CC1. The highest BCUT2D eigenvalue weighted by Crippen LogP contribution is 2.22. The number of urea groups is 1. The molecule has 2 atom stereocenters. The Balaban J connectivity index is 2.13. The fourth-order valence-electron chi connectivity index (χ4n) is 3.62. The minimum Gasteiger partial charge on any atom is -0.352 e. The van der Waals surface area contributed by atoms with Gasteiger partial charge in [0.1, 0.15) is 6.04 Å². The van der Waals surface area contributed by atoms with Gasteiger partial charge in [-0.2, -0.15) is 0 Å². The molecule has 7 nitrogen and oxygen atoms in total. The summed E-state index contributed by atoms with van der Waals surface area (Å²) in [6.45, 7) is 11.6. The fourth-order valence-corrected chi connectivity index (χ4v) is 3.62. The highest BCUT2D eigenvalue weighted by atomic mass is 16.2. The van der Waals surface area contributed by atoms with Gasteiger partial charge in [-0.3, -0.25) is 9.59 Å². The minimum absolute atomic E-state index is 0.00536. The molecule has 0 aromatic heterocycles. The van der Waals surface area contributed by atoms with E-state index >= 15 is 0 Å². The smallest absolute Gasteiger partial charge is 0.317 e.